The minimum absolute atomic E-state index is 0.167. The normalized spacial score (nSPS) is 7.50. The van der Waals surface area contributed by atoms with E-state index < -0.39 is 0 Å². The highest BCUT2D eigenvalue weighted by molar-refractivity contribution is 7.93. The molecule has 14 heavy (non-hydrogen) atoms. The molecule has 0 radical (unpaired) electrons. The van der Waals surface area contributed by atoms with Crippen LogP contribution in [0.4, 0.5) is 0 Å². The van der Waals surface area contributed by atoms with E-state index >= 15 is 0 Å². The van der Waals surface area contributed by atoms with Crippen LogP contribution in [-0.2, 0) is 0 Å². The Labute approximate surface area is 96.8 Å². The molecule has 0 spiro atoms. The Hall–Kier alpha value is -0.600. The van der Waals surface area contributed by atoms with Crippen molar-refractivity contribution < 1.29 is 5.11 Å². The maximum Gasteiger partial charge on any atom is 0.0483 e. The van der Waals surface area contributed by atoms with Gasteiger partial charge < -0.3 is 5.11 Å². The van der Waals surface area contributed by atoms with Gasteiger partial charge in [-0.2, -0.15) is 0 Å². The van der Waals surface area contributed by atoms with Crippen molar-refractivity contribution in [3.05, 3.63) is 35.9 Å². The molecule has 0 amide bonds. The van der Waals surface area contributed by atoms with Gasteiger partial charge in [0.15, 0.2) is 0 Å². The molecule has 0 bridgehead atoms. The number of aryl methyl sites for hydroxylation is 1. The van der Waals surface area contributed by atoms with Crippen LogP contribution >= 0.6 is 24.4 Å². The van der Waals surface area contributed by atoms with Crippen LogP contribution in [0.15, 0.2) is 30.3 Å². The molecule has 0 unspecified atom stereocenters. The fourth-order valence-corrected chi connectivity index (χ4v) is 0.534. The van der Waals surface area contributed by atoms with Gasteiger partial charge in [0.25, 0.3) is 0 Å². The Morgan fingerprint density at radius 2 is 1.43 bits per heavy atom. The topological polar surface area (TPSA) is 20.2 Å². The van der Waals surface area contributed by atoms with Gasteiger partial charge in [-0.15, -0.1) is 0 Å². The third-order valence-electron chi connectivity index (χ3n) is 0.940. The van der Waals surface area contributed by atoms with Crippen LogP contribution in [0, 0.1) is 6.92 Å². The summed E-state index contributed by atoms with van der Waals surface area (Å²) >= 11 is 7.92. The van der Waals surface area contributed by atoms with Crippen molar-refractivity contribution in [3.63, 3.8) is 0 Å². The van der Waals surface area contributed by atoms with Crippen molar-refractivity contribution in [2.24, 2.45) is 0 Å². The highest BCUT2D eigenvalue weighted by Crippen LogP contribution is 1.92. The zero-order valence-electron chi connectivity index (χ0n) is 8.73. The van der Waals surface area contributed by atoms with Gasteiger partial charge in [-0.25, -0.2) is 0 Å². The highest BCUT2D eigenvalue weighted by atomic mass is 32.1. The van der Waals surface area contributed by atoms with Gasteiger partial charge in [-0.1, -0.05) is 35.9 Å². The van der Waals surface area contributed by atoms with Crippen molar-refractivity contribution >= 4 is 28.7 Å². The Morgan fingerprint density at radius 3 is 1.57 bits per heavy atom. The van der Waals surface area contributed by atoms with Gasteiger partial charge in [-0.3, -0.25) is 0 Å². The van der Waals surface area contributed by atoms with Gasteiger partial charge in [0.05, 0.1) is 0 Å². The quantitative estimate of drug-likeness (QED) is 0.687. The minimum atomic E-state index is -0.167. The van der Waals surface area contributed by atoms with Crippen LogP contribution < -0.4 is 0 Å². The fourth-order valence-electron chi connectivity index (χ4n) is 0.534. The monoisotopic (exact) mass is 228 g/mol. The van der Waals surface area contributed by atoms with Crippen LogP contribution in [0.5, 0.6) is 0 Å². The predicted molar refractivity (Wildman–Crippen MR) is 68.7 cm³/mol. The summed E-state index contributed by atoms with van der Waals surface area (Å²) in [6.45, 7) is 5.53. The molecule has 0 saturated heterocycles. The third kappa shape index (κ3) is 22.5. The number of rotatable bonds is 0. The molecule has 0 fully saturated rings. The van der Waals surface area contributed by atoms with Crippen molar-refractivity contribution in [1.82, 2.24) is 0 Å². The molecular weight excluding hydrogens is 212 g/mol. The first-order chi connectivity index (χ1) is 6.54. The van der Waals surface area contributed by atoms with Gasteiger partial charge in [0, 0.05) is 10.4 Å². The van der Waals surface area contributed by atoms with E-state index in [1.54, 1.807) is 13.8 Å². The Balaban J connectivity index is 0. The van der Waals surface area contributed by atoms with E-state index in [4.69, 9.17) is 5.11 Å². The van der Waals surface area contributed by atoms with Gasteiger partial charge in [0.1, 0.15) is 0 Å². The summed E-state index contributed by atoms with van der Waals surface area (Å²) in [5, 5.41) is 8.06. The summed E-state index contributed by atoms with van der Waals surface area (Å²) in [5.74, 6) is 0. The van der Waals surface area contributed by atoms with Gasteiger partial charge in [0.2, 0.25) is 0 Å². The summed E-state index contributed by atoms with van der Waals surface area (Å²) in [6.07, 6.45) is -0.167. The molecule has 0 aromatic heterocycles. The molecule has 1 aromatic rings. The summed E-state index contributed by atoms with van der Waals surface area (Å²) in [4.78, 5) is 0. The molecule has 0 heterocycles. The molecule has 0 aliphatic rings. The summed E-state index contributed by atoms with van der Waals surface area (Å²) in [5.41, 5.74) is 1.32. The molecule has 1 nitrogen and oxygen atoms in total. The number of benzene rings is 1. The van der Waals surface area contributed by atoms with Crippen LogP contribution in [0.1, 0.15) is 19.4 Å². The standard InChI is InChI=1S/C7H8.C3H8O.CS2/c1-7-5-3-2-4-6-7;1-3(2)4;2-1-3/h2-6H,1H3;3-4H,1-2H3;. The van der Waals surface area contributed by atoms with E-state index in [2.05, 4.69) is 43.5 Å². The summed E-state index contributed by atoms with van der Waals surface area (Å²) in [6, 6.07) is 10.3. The second-order valence-corrected chi connectivity index (χ2v) is 3.50. The van der Waals surface area contributed by atoms with E-state index in [0.29, 0.717) is 0 Å². The van der Waals surface area contributed by atoms with Gasteiger partial charge >= 0.3 is 0 Å². The van der Waals surface area contributed by atoms with Crippen LogP contribution in [0.3, 0.4) is 0 Å². The molecular formula is C11H16OS2. The number of aliphatic hydroxyl groups excluding tert-OH is 1. The van der Waals surface area contributed by atoms with E-state index in [1.807, 2.05) is 22.5 Å². The SMILES string of the molecule is CC(C)O.Cc1ccccc1.S=C=S. The molecule has 3 heteroatoms. The predicted octanol–water partition coefficient (Wildman–Crippen LogP) is 3.40. The third-order valence-corrected chi connectivity index (χ3v) is 0.940. The lowest BCUT2D eigenvalue weighted by Crippen LogP contribution is -1.85. The largest absolute Gasteiger partial charge is 0.394 e. The first-order valence-corrected chi connectivity index (χ1v) is 5.05. The first-order valence-electron chi connectivity index (χ1n) is 4.23. The smallest absolute Gasteiger partial charge is 0.0483 e. The first kappa shape index (κ1) is 15.9. The molecule has 0 aliphatic carbocycles. The fraction of sp³-hybridized carbons (Fsp3) is 0.364. The van der Waals surface area contributed by atoms with Crippen LogP contribution in [0.25, 0.3) is 0 Å². The second kappa shape index (κ2) is 12.4. The summed E-state index contributed by atoms with van der Waals surface area (Å²) in [7, 11) is 0. The van der Waals surface area contributed by atoms with Crippen molar-refractivity contribution in [3.8, 4) is 0 Å². The van der Waals surface area contributed by atoms with E-state index in [0.717, 1.165) is 0 Å². The lowest BCUT2D eigenvalue weighted by atomic mass is 10.2. The number of hydrogen-bond donors (Lipinski definition) is 1. The molecule has 0 aliphatic heterocycles. The van der Waals surface area contributed by atoms with Crippen molar-refractivity contribution in [2.75, 3.05) is 0 Å². The van der Waals surface area contributed by atoms with Crippen LogP contribution in [-0.4, -0.2) is 15.5 Å². The average Bonchev–Trinajstić information content (AvgIpc) is 2.05. The zero-order valence-corrected chi connectivity index (χ0v) is 10.4. The molecule has 1 rings (SSSR count). The maximum absolute atomic E-state index is 8.06. The number of thiocarbonyl (C=S) groups is 2. The number of aliphatic hydroxyl groups is 1. The van der Waals surface area contributed by atoms with E-state index in [-0.39, 0.29) is 6.10 Å². The molecule has 0 atom stereocenters. The molecule has 1 N–H and O–H groups in total. The highest BCUT2D eigenvalue weighted by Gasteiger charge is 1.72. The number of hydrogen-bond acceptors (Lipinski definition) is 3. The Kier molecular flexibility index (Phi) is 14.0. The Morgan fingerprint density at radius 1 is 1.14 bits per heavy atom. The summed E-state index contributed by atoms with van der Waals surface area (Å²) < 4.78 is 1.92. The molecule has 0 saturated carbocycles. The van der Waals surface area contributed by atoms with E-state index in [9.17, 15) is 0 Å². The minimum Gasteiger partial charge on any atom is -0.394 e. The lowest BCUT2D eigenvalue weighted by molar-refractivity contribution is 0.216. The molecule has 1 aromatic carbocycles. The molecule has 78 valence electrons. The Bertz CT molecular complexity index is 236. The van der Waals surface area contributed by atoms with Crippen LogP contribution in [0.2, 0.25) is 0 Å². The van der Waals surface area contributed by atoms with Gasteiger partial charge in [-0.05, 0) is 45.2 Å². The second-order valence-electron chi connectivity index (χ2n) is 2.83. The zero-order chi connectivity index (χ0) is 11.4. The van der Waals surface area contributed by atoms with E-state index in [1.165, 1.54) is 5.56 Å². The maximum atomic E-state index is 8.06. The lowest BCUT2D eigenvalue weighted by Gasteiger charge is -1.82. The average molecular weight is 228 g/mol. The van der Waals surface area contributed by atoms with Crippen molar-refractivity contribution in [2.45, 2.75) is 26.9 Å². The van der Waals surface area contributed by atoms with Crippen molar-refractivity contribution in [1.29, 1.82) is 0 Å².